The van der Waals surface area contributed by atoms with Crippen molar-refractivity contribution in [2.24, 2.45) is 0 Å². The molecule has 0 aromatic heterocycles. The van der Waals surface area contributed by atoms with Crippen LogP contribution >= 0.6 is 0 Å². The van der Waals surface area contributed by atoms with Gasteiger partial charge < -0.3 is 0 Å². The first-order valence-electron chi connectivity index (χ1n) is 7.67. The summed E-state index contributed by atoms with van der Waals surface area (Å²) in [6, 6.07) is 7.01. The molecule has 0 saturated carbocycles. The molecule has 4 heteroatoms. The van der Waals surface area contributed by atoms with Crippen molar-refractivity contribution in [3.63, 3.8) is 0 Å². The molecule has 0 radical (unpaired) electrons. The number of hydrogen-bond donors (Lipinski definition) is 1. The monoisotopic (exact) mass is 307 g/mol. The van der Waals surface area contributed by atoms with Crippen LogP contribution in [0.1, 0.15) is 51.5 Å². The molecule has 1 aliphatic carbocycles. The number of hydrogen-bond acceptors (Lipinski definition) is 2. The van der Waals surface area contributed by atoms with Crippen LogP contribution in [0, 0.1) is 6.92 Å². The fourth-order valence-electron chi connectivity index (χ4n) is 2.86. The molecule has 1 aromatic carbocycles. The van der Waals surface area contributed by atoms with Crippen LogP contribution in [0.3, 0.4) is 0 Å². The number of rotatable bonds is 6. The number of unbranched alkanes of at least 4 members (excludes halogenated alkanes) is 1. The van der Waals surface area contributed by atoms with E-state index in [-0.39, 0.29) is 0 Å². The lowest BCUT2D eigenvalue weighted by Gasteiger charge is -2.29. The van der Waals surface area contributed by atoms with Gasteiger partial charge in [0.15, 0.2) is 0 Å². The van der Waals surface area contributed by atoms with Crippen LogP contribution in [0.2, 0.25) is 0 Å². The Kier molecular flexibility index (Phi) is 4.89. The molecular weight excluding hydrogens is 282 g/mol. The highest BCUT2D eigenvalue weighted by atomic mass is 32.2. The van der Waals surface area contributed by atoms with Gasteiger partial charge in [-0.25, -0.2) is 13.1 Å². The highest BCUT2D eigenvalue weighted by Crippen LogP contribution is 2.34. The average molecular weight is 307 g/mol. The second kappa shape index (κ2) is 6.32. The lowest BCUT2D eigenvalue weighted by molar-refractivity contribution is 0.458. The largest absolute Gasteiger partial charge is 0.241 e. The van der Waals surface area contributed by atoms with Crippen molar-refractivity contribution in [1.29, 1.82) is 0 Å². The van der Waals surface area contributed by atoms with E-state index in [0.29, 0.717) is 4.90 Å². The van der Waals surface area contributed by atoms with Crippen molar-refractivity contribution >= 4 is 10.0 Å². The third-order valence-corrected chi connectivity index (χ3v) is 5.85. The topological polar surface area (TPSA) is 46.2 Å². The van der Waals surface area contributed by atoms with Gasteiger partial charge in [-0.2, -0.15) is 0 Å². The van der Waals surface area contributed by atoms with E-state index in [9.17, 15) is 8.42 Å². The van der Waals surface area contributed by atoms with Gasteiger partial charge in [-0.05, 0) is 51.7 Å². The Hall–Kier alpha value is -1.13. The molecule has 21 heavy (non-hydrogen) atoms. The highest BCUT2D eigenvalue weighted by molar-refractivity contribution is 7.89. The standard InChI is InChI=1S/C17H25NO2S/c1-4-5-7-15-8-6-13-17(15,3)18-21(19,20)16-11-9-14(2)10-12-16/h8-12,18H,4-7,13H2,1-3H3. The zero-order valence-corrected chi connectivity index (χ0v) is 14.0. The first-order valence-corrected chi connectivity index (χ1v) is 9.16. The quantitative estimate of drug-likeness (QED) is 0.809. The minimum absolute atomic E-state index is 0.344. The summed E-state index contributed by atoms with van der Waals surface area (Å²) in [4.78, 5) is 0.344. The Bertz CT molecular complexity index is 617. The molecule has 1 atom stereocenters. The molecule has 0 spiro atoms. The summed E-state index contributed by atoms with van der Waals surface area (Å²) in [5, 5.41) is 0. The number of nitrogens with one attached hydrogen (secondary N) is 1. The lowest BCUT2D eigenvalue weighted by atomic mass is 9.91. The van der Waals surface area contributed by atoms with Crippen LogP contribution < -0.4 is 4.72 Å². The van der Waals surface area contributed by atoms with E-state index < -0.39 is 15.6 Å². The zero-order valence-electron chi connectivity index (χ0n) is 13.1. The summed E-state index contributed by atoms with van der Waals surface area (Å²) in [7, 11) is -3.47. The van der Waals surface area contributed by atoms with Crippen LogP contribution in [0.5, 0.6) is 0 Å². The third kappa shape index (κ3) is 3.74. The summed E-state index contributed by atoms with van der Waals surface area (Å²) in [6.45, 7) is 6.12. The van der Waals surface area contributed by atoms with Gasteiger partial charge in [0.2, 0.25) is 10.0 Å². The van der Waals surface area contributed by atoms with Gasteiger partial charge in [-0.3, -0.25) is 0 Å². The van der Waals surface area contributed by atoms with Crippen molar-refractivity contribution in [2.45, 2.75) is 63.3 Å². The summed E-state index contributed by atoms with van der Waals surface area (Å²) in [6.07, 6.45) is 7.20. The smallest absolute Gasteiger partial charge is 0.207 e. The zero-order chi connectivity index (χ0) is 15.5. The molecule has 1 aliphatic rings. The number of benzene rings is 1. The molecule has 0 fully saturated rings. The van der Waals surface area contributed by atoms with Crippen LogP contribution in [0.4, 0.5) is 0 Å². The Morgan fingerprint density at radius 2 is 1.90 bits per heavy atom. The van der Waals surface area contributed by atoms with Gasteiger partial charge >= 0.3 is 0 Å². The number of aryl methyl sites for hydroxylation is 1. The van der Waals surface area contributed by atoms with Crippen molar-refractivity contribution < 1.29 is 8.42 Å². The minimum atomic E-state index is -3.47. The Morgan fingerprint density at radius 3 is 2.52 bits per heavy atom. The molecule has 3 nitrogen and oxygen atoms in total. The lowest BCUT2D eigenvalue weighted by Crippen LogP contribution is -2.45. The normalized spacial score (nSPS) is 22.3. The maximum Gasteiger partial charge on any atom is 0.241 e. The summed E-state index contributed by atoms with van der Waals surface area (Å²) < 4.78 is 28.1. The van der Waals surface area contributed by atoms with E-state index in [1.54, 1.807) is 12.1 Å². The Morgan fingerprint density at radius 1 is 1.24 bits per heavy atom. The summed E-state index contributed by atoms with van der Waals surface area (Å²) in [5.41, 5.74) is 1.86. The maximum atomic E-state index is 12.6. The molecule has 1 unspecified atom stereocenters. The Labute approximate surface area is 128 Å². The van der Waals surface area contributed by atoms with Crippen molar-refractivity contribution in [3.8, 4) is 0 Å². The van der Waals surface area contributed by atoms with E-state index >= 15 is 0 Å². The second-order valence-corrected chi connectivity index (χ2v) is 7.80. The highest BCUT2D eigenvalue weighted by Gasteiger charge is 2.36. The molecule has 2 rings (SSSR count). The van der Waals surface area contributed by atoms with Gasteiger partial charge in [-0.1, -0.05) is 42.7 Å². The average Bonchev–Trinajstić information content (AvgIpc) is 2.76. The fourth-order valence-corrected chi connectivity index (χ4v) is 4.29. The summed E-state index contributed by atoms with van der Waals surface area (Å²) in [5.74, 6) is 0. The minimum Gasteiger partial charge on any atom is -0.207 e. The van der Waals surface area contributed by atoms with Crippen LogP contribution in [-0.4, -0.2) is 14.0 Å². The molecule has 0 aliphatic heterocycles. The first-order chi connectivity index (χ1) is 9.87. The predicted octanol–water partition coefficient (Wildman–Crippen LogP) is 3.94. The van der Waals surface area contributed by atoms with E-state index in [1.165, 1.54) is 5.57 Å². The van der Waals surface area contributed by atoms with Gasteiger partial charge in [0.1, 0.15) is 0 Å². The van der Waals surface area contributed by atoms with Gasteiger partial charge in [0, 0.05) is 0 Å². The van der Waals surface area contributed by atoms with E-state index in [2.05, 4.69) is 17.7 Å². The van der Waals surface area contributed by atoms with E-state index in [1.807, 2.05) is 26.0 Å². The molecule has 0 saturated heterocycles. The second-order valence-electron chi connectivity index (χ2n) is 6.12. The molecule has 0 amide bonds. The van der Waals surface area contributed by atoms with Crippen LogP contribution in [0.25, 0.3) is 0 Å². The number of allylic oxidation sites excluding steroid dienone is 1. The molecule has 0 bridgehead atoms. The molecule has 1 N–H and O–H groups in total. The number of sulfonamides is 1. The molecule has 0 heterocycles. The first kappa shape index (κ1) is 16.2. The third-order valence-electron chi connectivity index (χ3n) is 4.23. The maximum absolute atomic E-state index is 12.6. The molecule has 1 aromatic rings. The van der Waals surface area contributed by atoms with E-state index in [4.69, 9.17) is 0 Å². The van der Waals surface area contributed by atoms with Gasteiger partial charge in [0.25, 0.3) is 0 Å². The predicted molar refractivity (Wildman–Crippen MR) is 86.7 cm³/mol. The molecular formula is C17H25NO2S. The van der Waals surface area contributed by atoms with E-state index in [0.717, 1.165) is 37.7 Å². The fraction of sp³-hybridized carbons (Fsp3) is 0.529. The summed E-state index contributed by atoms with van der Waals surface area (Å²) >= 11 is 0. The SMILES string of the molecule is CCCCC1=CCCC1(C)NS(=O)(=O)c1ccc(C)cc1. The van der Waals surface area contributed by atoms with Crippen LogP contribution in [-0.2, 0) is 10.0 Å². The van der Waals surface area contributed by atoms with Crippen molar-refractivity contribution in [3.05, 3.63) is 41.5 Å². The van der Waals surface area contributed by atoms with Gasteiger partial charge in [-0.15, -0.1) is 0 Å². The molecule has 116 valence electrons. The Balaban J connectivity index is 2.19. The van der Waals surface area contributed by atoms with Crippen molar-refractivity contribution in [2.75, 3.05) is 0 Å². The van der Waals surface area contributed by atoms with Crippen LogP contribution in [0.15, 0.2) is 40.8 Å². The van der Waals surface area contributed by atoms with Crippen molar-refractivity contribution in [1.82, 2.24) is 4.72 Å². The van der Waals surface area contributed by atoms with Gasteiger partial charge in [0.05, 0.1) is 10.4 Å².